The van der Waals surface area contributed by atoms with Crippen molar-refractivity contribution >= 4 is 47.0 Å². The zero-order valence-electron chi connectivity index (χ0n) is 13.6. The molecule has 1 atom stereocenters. The molecule has 0 bridgehead atoms. The van der Waals surface area contributed by atoms with E-state index < -0.39 is 0 Å². The fraction of sp³-hybridized carbons (Fsp3) is 0.692. The van der Waals surface area contributed by atoms with Gasteiger partial charge < -0.3 is 30.4 Å². The SMILES string of the molecule is CCN=C([S-])N/N=C1\CCC(CCO)\C1=N/NC([S-])=NCC.[Zn+2]. The van der Waals surface area contributed by atoms with Crippen molar-refractivity contribution in [1.29, 1.82) is 0 Å². The number of rotatable bonds is 6. The standard InChI is InChI=1S/C13H24N6OS2.Zn/c1-3-14-12(21)18-16-10-6-5-9(7-8-20)11(10)17-19-13(22)15-4-2;/h9,20H,3-8H2,1-2H3,(H2,14,18,21)(H2,15,19,22);/q;+2/p-2/b16-10+,17-11+;. The Labute approximate surface area is 161 Å². The fourth-order valence-corrected chi connectivity index (χ4v) is 2.45. The number of amidine groups is 2. The second-order valence-electron chi connectivity index (χ2n) is 4.59. The van der Waals surface area contributed by atoms with Gasteiger partial charge in [-0.3, -0.25) is 20.8 Å². The Balaban J connectivity index is 0.00000484. The third kappa shape index (κ3) is 8.10. The minimum atomic E-state index is 0. The first-order valence-corrected chi connectivity index (χ1v) is 8.14. The van der Waals surface area contributed by atoms with Gasteiger partial charge in [0.1, 0.15) is 0 Å². The average Bonchev–Trinajstić information content (AvgIpc) is 2.86. The van der Waals surface area contributed by atoms with Crippen LogP contribution in [0.2, 0.25) is 0 Å². The van der Waals surface area contributed by atoms with Gasteiger partial charge in [0.05, 0.1) is 11.4 Å². The molecule has 1 fully saturated rings. The molecule has 1 aliphatic carbocycles. The molecule has 23 heavy (non-hydrogen) atoms. The number of hydrogen-bond acceptors (Lipinski definition) is 7. The fourth-order valence-electron chi connectivity index (χ4n) is 2.10. The van der Waals surface area contributed by atoms with Gasteiger partial charge in [-0.25, -0.2) is 0 Å². The topological polar surface area (TPSA) is 93.7 Å². The smallest absolute Gasteiger partial charge is 0.741 e. The average molecular weight is 408 g/mol. The van der Waals surface area contributed by atoms with E-state index in [1.807, 2.05) is 13.8 Å². The van der Waals surface area contributed by atoms with E-state index in [1.54, 1.807) is 0 Å². The largest absolute Gasteiger partial charge is 2.00 e. The molecule has 124 valence electrons. The zero-order chi connectivity index (χ0) is 16.4. The summed E-state index contributed by atoms with van der Waals surface area (Å²) in [5.74, 6) is 0.152. The zero-order valence-corrected chi connectivity index (χ0v) is 18.2. The molecule has 0 amide bonds. The molecule has 0 aromatic rings. The van der Waals surface area contributed by atoms with Gasteiger partial charge in [0.15, 0.2) is 0 Å². The van der Waals surface area contributed by atoms with Crippen LogP contribution in [0.3, 0.4) is 0 Å². The van der Waals surface area contributed by atoms with Crippen LogP contribution in [0.25, 0.3) is 0 Å². The Bertz CT molecular complexity index is 481. The molecular formula is C13H22N6OS2Zn. The summed E-state index contributed by atoms with van der Waals surface area (Å²) in [6, 6.07) is 0. The number of hydrazone groups is 2. The van der Waals surface area contributed by atoms with Crippen LogP contribution in [0.15, 0.2) is 20.2 Å². The van der Waals surface area contributed by atoms with Crippen molar-refractivity contribution in [2.75, 3.05) is 19.7 Å². The second-order valence-corrected chi connectivity index (χ2v) is 5.36. The maximum atomic E-state index is 9.17. The van der Waals surface area contributed by atoms with E-state index in [9.17, 15) is 0 Å². The van der Waals surface area contributed by atoms with Crippen molar-refractivity contribution in [3.63, 3.8) is 0 Å². The summed E-state index contributed by atoms with van der Waals surface area (Å²) in [5.41, 5.74) is 7.11. The summed E-state index contributed by atoms with van der Waals surface area (Å²) >= 11 is 10.1. The van der Waals surface area contributed by atoms with Gasteiger partial charge in [0.2, 0.25) is 0 Å². The molecule has 0 radical (unpaired) electrons. The Morgan fingerprint density at radius 1 is 1.13 bits per heavy atom. The van der Waals surface area contributed by atoms with Gasteiger partial charge in [0, 0.05) is 25.6 Å². The van der Waals surface area contributed by atoms with Crippen molar-refractivity contribution in [2.45, 2.75) is 33.1 Å². The van der Waals surface area contributed by atoms with E-state index in [4.69, 9.17) is 30.4 Å². The maximum absolute atomic E-state index is 9.17. The summed E-state index contributed by atoms with van der Waals surface area (Å²) in [6.07, 6.45) is 2.29. The molecule has 0 aromatic heterocycles. The number of nitrogens with one attached hydrogen (secondary N) is 2. The van der Waals surface area contributed by atoms with Crippen molar-refractivity contribution in [3.8, 4) is 0 Å². The van der Waals surface area contributed by atoms with Crippen LogP contribution in [-0.2, 0) is 44.7 Å². The van der Waals surface area contributed by atoms with Crippen LogP contribution in [0.5, 0.6) is 0 Å². The summed E-state index contributed by atoms with van der Waals surface area (Å²) in [7, 11) is 0. The molecule has 1 rings (SSSR count). The van der Waals surface area contributed by atoms with Crippen molar-refractivity contribution in [2.24, 2.45) is 26.1 Å². The quantitative estimate of drug-likeness (QED) is 0.196. The van der Waals surface area contributed by atoms with Gasteiger partial charge in [-0.15, -0.1) is 0 Å². The van der Waals surface area contributed by atoms with E-state index in [1.165, 1.54) is 0 Å². The molecule has 1 unspecified atom stereocenters. The first-order valence-electron chi connectivity index (χ1n) is 7.32. The number of aliphatic hydroxyl groups excluding tert-OH is 1. The van der Waals surface area contributed by atoms with Crippen molar-refractivity contribution in [1.82, 2.24) is 10.9 Å². The number of aliphatic hydroxyl groups is 1. The summed E-state index contributed by atoms with van der Waals surface area (Å²) < 4.78 is 0. The predicted octanol–water partition coefficient (Wildman–Crippen LogP) is 0.513. The van der Waals surface area contributed by atoms with E-state index in [-0.39, 0.29) is 32.0 Å². The Hall–Kier alpha value is -0.697. The molecule has 0 saturated heterocycles. The van der Waals surface area contributed by atoms with Gasteiger partial charge in [-0.05, 0) is 43.4 Å². The van der Waals surface area contributed by atoms with Crippen molar-refractivity contribution in [3.05, 3.63) is 0 Å². The molecule has 7 nitrogen and oxygen atoms in total. The predicted molar refractivity (Wildman–Crippen MR) is 96.3 cm³/mol. The van der Waals surface area contributed by atoms with E-state index in [0.717, 1.165) is 24.3 Å². The molecule has 0 spiro atoms. The van der Waals surface area contributed by atoms with Crippen LogP contribution in [0.4, 0.5) is 0 Å². The van der Waals surface area contributed by atoms with Gasteiger partial charge >= 0.3 is 19.5 Å². The number of nitrogens with zero attached hydrogens (tertiary/aromatic N) is 4. The number of aliphatic imine (C=N–C) groups is 2. The molecule has 3 N–H and O–H groups in total. The summed E-state index contributed by atoms with van der Waals surface area (Å²) in [5, 5.41) is 18.5. The molecule has 1 aliphatic rings. The second kappa shape index (κ2) is 12.7. The first kappa shape index (κ1) is 22.3. The first-order chi connectivity index (χ1) is 10.6. The monoisotopic (exact) mass is 406 g/mol. The normalized spacial score (nSPS) is 22.3. The van der Waals surface area contributed by atoms with Gasteiger partial charge in [0.25, 0.3) is 0 Å². The molecule has 1 saturated carbocycles. The molecule has 10 heteroatoms. The van der Waals surface area contributed by atoms with Crippen LogP contribution < -0.4 is 10.9 Å². The third-order valence-electron chi connectivity index (χ3n) is 3.05. The van der Waals surface area contributed by atoms with Crippen LogP contribution in [0.1, 0.15) is 33.1 Å². The Kier molecular flexibility index (Phi) is 12.3. The van der Waals surface area contributed by atoms with E-state index >= 15 is 0 Å². The van der Waals surface area contributed by atoms with Gasteiger partial charge in [-0.1, -0.05) is 0 Å². The van der Waals surface area contributed by atoms with Crippen LogP contribution in [0, 0.1) is 5.92 Å². The third-order valence-corrected chi connectivity index (χ3v) is 3.49. The van der Waals surface area contributed by atoms with Crippen LogP contribution in [-0.4, -0.2) is 46.6 Å². The van der Waals surface area contributed by atoms with Gasteiger partial charge in [-0.2, -0.15) is 10.2 Å². The summed E-state index contributed by atoms with van der Waals surface area (Å²) in [6.45, 7) is 5.13. The molecule has 0 aromatic carbocycles. The van der Waals surface area contributed by atoms with Crippen molar-refractivity contribution < 1.29 is 24.6 Å². The minimum absolute atomic E-state index is 0. The molecule has 0 aliphatic heterocycles. The van der Waals surface area contributed by atoms with Crippen LogP contribution >= 0.6 is 0 Å². The minimum Gasteiger partial charge on any atom is -0.741 e. The number of hydrogen-bond donors (Lipinski definition) is 3. The molecule has 0 heterocycles. The van der Waals surface area contributed by atoms with E-state index in [0.29, 0.717) is 29.8 Å². The Morgan fingerprint density at radius 2 is 1.70 bits per heavy atom. The van der Waals surface area contributed by atoms with E-state index in [2.05, 4.69) is 31.0 Å². The maximum Gasteiger partial charge on any atom is 2.00 e. The Morgan fingerprint density at radius 3 is 2.22 bits per heavy atom. The molecular weight excluding hydrogens is 386 g/mol. The summed E-state index contributed by atoms with van der Waals surface area (Å²) in [4.78, 5) is 8.10.